The third-order valence-electron chi connectivity index (χ3n) is 2.55. The number of hydrogen-bond donors (Lipinski definition) is 1. The molecule has 2 rings (SSSR count). The highest BCUT2D eigenvalue weighted by Crippen LogP contribution is 2.26. The fraction of sp³-hybridized carbons (Fsp3) is 0.500. The van der Waals surface area contributed by atoms with Crippen LogP contribution < -0.4 is 0 Å². The summed E-state index contributed by atoms with van der Waals surface area (Å²) in [6.45, 7) is 0.871. The zero-order chi connectivity index (χ0) is 10.5. The summed E-state index contributed by atoms with van der Waals surface area (Å²) in [7, 11) is 0. The van der Waals surface area contributed by atoms with Crippen LogP contribution in [0.2, 0.25) is 0 Å². The van der Waals surface area contributed by atoms with Crippen molar-refractivity contribution in [3.63, 3.8) is 0 Å². The van der Waals surface area contributed by atoms with E-state index in [2.05, 4.69) is 0 Å². The maximum absolute atomic E-state index is 8.85. The summed E-state index contributed by atoms with van der Waals surface area (Å²) in [5, 5.41) is 8.85. The monoisotopic (exact) mass is 208 g/mol. The average Bonchev–Trinajstić information content (AvgIpc) is 2.31. The molecular weight excluding hydrogens is 192 g/mol. The highest BCUT2D eigenvalue weighted by molar-refractivity contribution is 5.16. The van der Waals surface area contributed by atoms with Crippen LogP contribution in [-0.4, -0.2) is 24.4 Å². The normalized spacial score (nSPS) is 26.5. The molecule has 0 spiro atoms. The van der Waals surface area contributed by atoms with E-state index in [0.29, 0.717) is 13.0 Å². The first-order chi connectivity index (χ1) is 7.40. The molecule has 0 saturated carbocycles. The molecule has 1 fully saturated rings. The third kappa shape index (κ3) is 2.78. The van der Waals surface area contributed by atoms with E-state index < -0.39 is 0 Å². The van der Waals surface area contributed by atoms with Gasteiger partial charge in [-0.2, -0.15) is 0 Å². The summed E-state index contributed by atoms with van der Waals surface area (Å²) in [6.07, 6.45) is 1.40. The number of rotatable bonds is 3. The Morgan fingerprint density at radius 2 is 2.07 bits per heavy atom. The summed E-state index contributed by atoms with van der Waals surface area (Å²) in [4.78, 5) is 0. The van der Waals surface area contributed by atoms with E-state index in [1.807, 2.05) is 30.3 Å². The quantitative estimate of drug-likeness (QED) is 0.824. The lowest BCUT2D eigenvalue weighted by atomic mass is 10.1. The molecule has 3 nitrogen and oxygen atoms in total. The number of benzene rings is 1. The molecule has 1 saturated heterocycles. The lowest BCUT2D eigenvalue weighted by Gasteiger charge is -2.30. The van der Waals surface area contributed by atoms with Crippen molar-refractivity contribution in [2.75, 3.05) is 13.2 Å². The Morgan fingerprint density at radius 3 is 2.80 bits per heavy atom. The fourth-order valence-electron chi connectivity index (χ4n) is 1.73. The van der Waals surface area contributed by atoms with Crippen LogP contribution in [0, 0.1) is 0 Å². The van der Waals surface area contributed by atoms with Crippen LogP contribution in [0.3, 0.4) is 0 Å². The van der Waals surface area contributed by atoms with E-state index in [1.165, 1.54) is 0 Å². The van der Waals surface area contributed by atoms with E-state index >= 15 is 0 Å². The summed E-state index contributed by atoms with van der Waals surface area (Å²) in [5.74, 6) is 0. The van der Waals surface area contributed by atoms with E-state index in [0.717, 1.165) is 12.0 Å². The molecule has 1 heterocycles. The zero-order valence-electron chi connectivity index (χ0n) is 8.63. The Labute approximate surface area is 89.6 Å². The summed E-state index contributed by atoms with van der Waals surface area (Å²) < 4.78 is 11.3. The van der Waals surface area contributed by atoms with E-state index in [9.17, 15) is 0 Å². The summed E-state index contributed by atoms with van der Waals surface area (Å²) in [6, 6.07) is 9.89. The molecule has 1 aromatic rings. The number of aliphatic hydroxyl groups excluding tert-OH is 1. The predicted molar refractivity (Wildman–Crippen MR) is 56.3 cm³/mol. The fourth-order valence-corrected chi connectivity index (χ4v) is 1.73. The van der Waals surface area contributed by atoms with Gasteiger partial charge in [-0.05, 0) is 12.8 Å². The number of ether oxygens (including phenoxy) is 2. The molecule has 1 aromatic carbocycles. The van der Waals surface area contributed by atoms with Gasteiger partial charge in [0.2, 0.25) is 0 Å². The van der Waals surface area contributed by atoms with Gasteiger partial charge in [0.15, 0.2) is 6.29 Å². The first-order valence-corrected chi connectivity index (χ1v) is 5.33. The van der Waals surface area contributed by atoms with E-state index in [1.54, 1.807) is 0 Å². The maximum atomic E-state index is 8.85. The minimum atomic E-state index is -0.267. The summed E-state index contributed by atoms with van der Waals surface area (Å²) >= 11 is 0. The van der Waals surface area contributed by atoms with Gasteiger partial charge >= 0.3 is 0 Å². The first kappa shape index (κ1) is 10.6. The molecule has 0 radical (unpaired) electrons. The van der Waals surface area contributed by atoms with Crippen molar-refractivity contribution in [2.24, 2.45) is 0 Å². The molecule has 1 aliphatic heterocycles. The molecule has 0 unspecified atom stereocenters. The van der Waals surface area contributed by atoms with Crippen molar-refractivity contribution in [3.05, 3.63) is 35.9 Å². The molecule has 0 bridgehead atoms. The van der Waals surface area contributed by atoms with Gasteiger partial charge in [0.25, 0.3) is 0 Å². The van der Waals surface area contributed by atoms with E-state index in [4.69, 9.17) is 14.6 Å². The molecule has 0 aromatic heterocycles. The van der Waals surface area contributed by atoms with Gasteiger partial charge in [-0.3, -0.25) is 0 Å². The Morgan fingerprint density at radius 1 is 1.27 bits per heavy atom. The van der Waals surface area contributed by atoms with E-state index in [-0.39, 0.29) is 19.0 Å². The van der Waals surface area contributed by atoms with Crippen LogP contribution in [0.5, 0.6) is 0 Å². The van der Waals surface area contributed by atoms with Crippen molar-refractivity contribution in [1.29, 1.82) is 0 Å². The molecule has 0 amide bonds. The van der Waals surface area contributed by atoms with Crippen LogP contribution in [0.25, 0.3) is 0 Å². The minimum Gasteiger partial charge on any atom is -0.396 e. The topological polar surface area (TPSA) is 38.7 Å². The molecule has 0 aliphatic carbocycles. The highest BCUT2D eigenvalue weighted by atomic mass is 16.7. The van der Waals surface area contributed by atoms with Crippen LogP contribution in [-0.2, 0) is 9.47 Å². The van der Waals surface area contributed by atoms with Crippen LogP contribution in [0.4, 0.5) is 0 Å². The smallest absolute Gasteiger partial charge is 0.184 e. The molecule has 3 heteroatoms. The molecular formula is C12H16O3. The lowest BCUT2D eigenvalue weighted by molar-refractivity contribution is -0.219. The van der Waals surface area contributed by atoms with Crippen LogP contribution in [0.15, 0.2) is 30.3 Å². The van der Waals surface area contributed by atoms with Crippen molar-refractivity contribution < 1.29 is 14.6 Å². The second-order valence-electron chi connectivity index (χ2n) is 3.67. The van der Waals surface area contributed by atoms with Crippen molar-refractivity contribution >= 4 is 0 Å². The Bertz CT molecular complexity index is 284. The van der Waals surface area contributed by atoms with Gasteiger partial charge in [0, 0.05) is 12.2 Å². The number of hydrogen-bond acceptors (Lipinski definition) is 3. The second-order valence-corrected chi connectivity index (χ2v) is 3.67. The van der Waals surface area contributed by atoms with Gasteiger partial charge in [-0.15, -0.1) is 0 Å². The van der Waals surface area contributed by atoms with Crippen molar-refractivity contribution in [3.8, 4) is 0 Å². The number of aliphatic hydroxyl groups is 1. The first-order valence-electron chi connectivity index (χ1n) is 5.33. The SMILES string of the molecule is OCC[C@@H]1CCO[C@H](c2ccccc2)O1. The predicted octanol–water partition coefficient (Wildman–Crippen LogP) is 1.87. The van der Waals surface area contributed by atoms with Crippen LogP contribution in [0.1, 0.15) is 24.7 Å². The second kappa shape index (κ2) is 5.26. The Hall–Kier alpha value is -0.900. The van der Waals surface area contributed by atoms with Gasteiger partial charge in [-0.25, -0.2) is 0 Å². The average molecular weight is 208 g/mol. The Balaban J connectivity index is 1.98. The molecule has 82 valence electrons. The van der Waals surface area contributed by atoms with Crippen molar-refractivity contribution in [2.45, 2.75) is 25.2 Å². The lowest BCUT2D eigenvalue weighted by Crippen LogP contribution is -2.27. The molecule has 1 aliphatic rings. The molecule has 15 heavy (non-hydrogen) atoms. The third-order valence-corrected chi connectivity index (χ3v) is 2.55. The van der Waals surface area contributed by atoms with Gasteiger partial charge in [0.1, 0.15) is 0 Å². The highest BCUT2D eigenvalue weighted by Gasteiger charge is 2.23. The van der Waals surface area contributed by atoms with Gasteiger partial charge < -0.3 is 14.6 Å². The Kier molecular flexibility index (Phi) is 3.72. The van der Waals surface area contributed by atoms with Gasteiger partial charge in [-0.1, -0.05) is 30.3 Å². The maximum Gasteiger partial charge on any atom is 0.184 e. The largest absolute Gasteiger partial charge is 0.396 e. The van der Waals surface area contributed by atoms with Crippen molar-refractivity contribution in [1.82, 2.24) is 0 Å². The molecule has 1 N–H and O–H groups in total. The summed E-state index contributed by atoms with van der Waals surface area (Å²) in [5.41, 5.74) is 1.04. The zero-order valence-corrected chi connectivity index (χ0v) is 8.63. The molecule has 2 atom stereocenters. The van der Waals surface area contributed by atoms with Gasteiger partial charge in [0.05, 0.1) is 12.7 Å². The standard InChI is InChI=1S/C12H16O3/c13-8-6-11-7-9-14-12(15-11)10-4-2-1-3-5-10/h1-5,11-13H,6-9H2/t11-,12+/m1/s1. The minimum absolute atomic E-state index is 0.119. The van der Waals surface area contributed by atoms with Crippen LogP contribution >= 0.6 is 0 Å².